The summed E-state index contributed by atoms with van der Waals surface area (Å²) in [6.07, 6.45) is 0.182. The lowest BCUT2D eigenvalue weighted by Crippen LogP contribution is -2.24. The zero-order valence-corrected chi connectivity index (χ0v) is 10.3. The van der Waals surface area contributed by atoms with E-state index in [-0.39, 0.29) is 48.5 Å². The van der Waals surface area contributed by atoms with Crippen LogP contribution < -0.4 is 4.90 Å². The van der Waals surface area contributed by atoms with E-state index in [2.05, 4.69) is 10.0 Å². The average Bonchev–Trinajstić information content (AvgIpc) is 2.77. The van der Waals surface area contributed by atoms with Crippen molar-refractivity contribution in [2.45, 2.75) is 6.42 Å². The molecular weight excluding hydrogens is 266 g/mol. The van der Waals surface area contributed by atoms with Crippen molar-refractivity contribution in [3.63, 3.8) is 0 Å². The van der Waals surface area contributed by atoms with E-state index in [1.165, 1.54) is 11.0 Å². The maximum Gasteiger partial charge on any atom is 0.271 e. The number of benzene rings is 1. The number of amides is 1. The van der Waals surface area contributed by atoms with Crippen LogP contribution >= 0.6 is 0 Å². The monoisotopic (exact) mass is 277 g/mol. The predicted molar refractivity (Wildman–Crippen MR) is 69.2 cm³/mol. The number of phenolic OH excluding ortho intramolecular Hbond substituents is 1. The molecule has 20 heavy (non-hydrogen) atoms. The van der Waals surface area contributed by atoms with E-state index in [0.29, 0.717) is 0 Å². The van der Waals surface area contributed by atoms with Gasteiger partial charge in [0.05, 0.1) is 10.6 Å². The van der Waals surface area contributed by atoms with Crippen molar-refractivity contribution in [1.29, 1.82) is 0 Å². The third-order valence-electron chi connectivity index (χ3n) is 3.07. The fraction of sp³-hybridized carbons (Fsp3) is 0.364. The Hall–Kier alpha value is -2.80. The van der Waals surface area contributed by atoms with E-state index in [1.807, 2.05) is 0 Å². The number of carbonyl (C=O) groups is 1. The first-order valence-corrected chi connectivity index (χ1v) is 5.81. The Kier molecular flexibility index (Phi) is 3.72. The van der Waals surface area contributed by atoms with Crippen molar-refractivity contribution in [2.24, 2.45) is 11.0 Å². The maximum atomic E-state index is 11.9. The minimum atomic E-state index is -0.596. The van der Waals surface area contributed by atoms with Crippen molar-refractivity contribution in [3.8, 4) is 5.75 Å². The summed E-state index contributed by atoms with van der Waals surface area (Å²) in [5.74, 6) is -0.621. The summed E-state index contributed by atoms with van der Waals surface area (Å²) in [6.45, 7) is 0.432. The van der Waals surface area contributed by atoms with E-state index >= 15 is 0 Å². The van der Waals surface area contributed by atoms with Crippen LogP contribution in [0.25, 0.3) is 10.4 Å². The van der Waals surface area contributed by atoms with Crippen LogP contribution in [0, 0.1) is 16.0 Å². The van der Waals surface area contributed by atoms with Crippen LogP contribution in [0.5, 0.6) is 5.75 Å². The van der Waals surface area contributed by atoms with Gasteiger partial charge in [0.2, 0.25) is 5.91 Å². The fourth-order valence-corrected chi connectivity index (χ4v) is 2.13. The summed E-state index contributed by atoms with van der Waals surface area (Å²) >= 11 is 0. The Morgan fingerprint density at radius 1 is 1.60 bits per heavy atom. The predicted octanol–water partition coefficient (Wildman–Crippen LogP) is 1.96. The number of nitro benzene ring substituents is 1. The fourth-order valence-electron chi connectivity index (χ4n) is 2.13. The molecule has 1 fully saturated rings. The van der Waals surface area contributed by atoms with Gasteiger partial charge in [-0.25, -0.2) is 0 Å². The molecule has 1 saturated heterocycles. The van der Waals surface area contributed by atoms with Gasteiger partial charge in [-0.15, -0.1) is 0 Å². The number of hydrogen-bond donors (Lipinski definition) is 1. The number of rotatable bonds is 4. The molecule has 0 aromatic heterocycles. The number of non-ortho nitro benzene ring substituents is 1. The van der Waals surface area contributed by atoms with Gasteiger partial charge in [-0.3, -0.25) is 14.9 Å². The number of azide groups is 1. The molecule has 1 amide bonds. The van der Waals surface area contributed by atoms with Gasteiger partial charge in [0.1, 0.15) is 5.75 Å². The molecule has 0 radical (unpaired) electrons. The Balaban J connectivity index is 2.27. The molecule has 0 aliphatic carbocycles. The first-order valence-electron chi connectivity index (χ1n) is 5.81. The first-order chi connectivity index (χ1) is 9.52. The first kappa shape index (κ1) is 13.6. The molecule has 1 N–H and O–H groups in total. The molecule has 1 atom stereocenters. The van der Waals surface area contributed by atoms with Gasteiger partial charge in [-0.1, -0.05) is 5.11 Å². The second kappa shape index (κ2) is 5.45. The van der Waals surface area contributed by atoms with Crippen LogP contribution in [-0.2, 0) is 4.79 Å². The van der Waals surface area contributed by atoms with Gasteiger partial charge in [-0.05, 0) is 17.5 Å². The largest absolute Gasteiger partial charge is 0.506 e. The number of aromatic hydroxyl groups is 1. The molecule has 0 saturated carbocycles. The molecule has 104 valence electrons. The number of phenols is 1. The van der Waals surface area contributed by atoms with Gasteiger partial charge >= 0.3 is 0 Å². The topological polar surface area (TPSA) is 132 Å². The maximum absolute atomic E-state index is 11.9. The normalized spacial score (nSPS) is 17.9. The summed E-state index contributed by atoms with van der Waals surface area (Å²) < 4.78 is 0. The van der Waals surface area contributed by atoms with Gasteiger partial charge in [0, 0.05) is 36.6 Å². The molecule has 1 heterocycles. The number of carbonyl (C=O) groups excluding carboxylic acids is 1. The Bertz CT molecular complexity index is 611. The van der Waals surface area contributed by atoms with E-state index in [1.54, 1.807) is 0 Å². The van der Waals surface area contributed by atoms with E-state index in [9.17, 15) is 20.0 Å². The highest BCUT2D eigenvalue weighted by atomic mass is 16.6. The number of anilines is 1. The highest BCUT2D eigenvalue weighted by Crippen LogP contribution is 2.35. The SMILES string of the molecule is [N-]=[N+]=NCC1CC(=O)N(c2cc([N+](=O)[O-])ccc2O)C1. The average molecular weight is 277 g/mol. The minimum Gasteiger partial charge on any atom is -0.506 e. The van der Waals surface area contributed by atoms with E-state index in [0.717, 1.165) is 12.1 Å². The van der Waals surface area contributed by atoms with Gasteiger partial charge in [0.25, 0.3) is 5.69 Å². The molecule has 1 aromatic rings. The molecule has 9 nitrogen and oxygen atoms in total. The third kappa shape index (κ3) is 2.62. The number of nitro groups is 1. The lowest BCUT2D eigenvalue weighted by molar-refractivity contribution is -0.384. The van der Waals surface area contributed by atoms with Crippen LogP contribution in [0.4, 0.5) is 11.4 Å². The van der Waals surface area contributed by atoms with Crippen molar-refractivity contribution in [2.75, 3.05) is 18.0 Å². The van der Waals surface area contributed by atoms with Crippen molar-refractivity contribution >= 4 is 17.3 Å². The zero-order valence-electron chi connectivity index (χ0n) is 10.3. The minimum absolute atomic E-state index is 0.104. The Labute approximate surface area is 113 Å². The van der Waals surface area contributed by atoms with Crippen LogP contribution in [-0.4, -0.2) is 29.0 Å². The number of hydrogen-bond acceptors (Lipinski definition) is 5. The van der Waals surface area contributed by atoms with Crippen LogP contribution in [0.2, 0.25) is 0 Å². The summed E-state index contributed by atoms with van der Waals surface area (Å²) in [7, 11) is 0. The van der Waals surface area contributed by atoms with Crippen LogP contribution in [0.15, 0.2) is 23.3 Å². The standard InChI is InChI=1S/C11H11N5O4/c12-14-13-5-7-3-11(18)15(6-7)9-4-8(16(19)20)1-2-10(9)17/h1-2,4,7,17H,3,5-6H2. The Morgan fingerprint density at radius 2 is 2.35 bits per heavy atom. The highest BCUT2D eigenvalue weighted by Gasteiger charge is 2.32. The molecule has 1 unspecified atom stereocenters. The second-order valence-electron chi connectivity index (χ2n) is 4.42. The van der Waals surface area contributed by atoms with Crippen LogP contribution in [0.3, 0.4) is 0 Å². The Morgan fingerprint density at radius 3 is 3.00 bits per heavy atom. The quantitative estimate of drug-likeness (QED) is 0.296. The second-order valence-corrected chi connectivity index (χ2v) is 4.42. The molecule has 1 aromatic carbocycles. The molecule has 9 heteroatoms. The van der Waals surface area contributed by atoms with Crippen molar-refractivity contribution < 1.29 is 14.8 Å². The summed E-state index contributed by atoms with van der Waals surface area (Å²) in [5.41, 5.74) is 8.16. The lowest BCUT2D eigenvalue weighted by Gasteiger charge is -2.17. The van der Waals surface area contributed by atoms with Gasteiger partial charge in [0.15, 0.2) is 0 Å². The summed E-state index contributed by atoms with van der Waals surface area (Å²) in [5, 5.41) is 23.9. The van der Waals surface area contributed by atoms with Gasteiger partial charge in [-0.2, -0.15) is 0 Å². The van der Waals surface area contributed by atoms with Gasteiger partial charge < -0.3 is 10.0 Å². The molecule has 1 aliphatic heterocycles. The summed E-state index contributed by atoms with van der Waals surface area (Å²) in [6, 6.07) is 3.50. The molecule has 0 spiro atoms. The highest BCUT2D eigenvalue weighted by molar-refractivity contribution is 5.97. The molecular formula is C11H11N5O4. The summed E-state index contributed by atoms with van der Waals surface area (Å²) in [4.78, 5) is 25.9. The third-order valence-corrected chi connectivity index (χ3v) is 3.07. The van der Waals surface area contributed by atoms with E-state index in [4.69, 9.17) is 5.53 Å². The lowest BCUT2D eigenvalue weighted by atomic mass is 10.1. The van der Waals surface area contributed by atoms with Crippen molar-refractivity contribution in [3.05, 3.63) is 38.8 Å². The molecule has 2 rings (SSSR count). The van der Waals surface area contributed by atoms with E-state index < -0.39 is 4.92 Å². The number of nitrogens with zero attached hydrogens (tertiary/aromatic N) is 5. The molecule has 0 bridgehead atoms. The van der Waals surface area contributed by atoms with Crippen molar-refractivity contribution in [1.82, 2.24) is 0 Å². The van der Waals surface area contributed by atoms with Crippen LogP contribution in [0.1, 0.15) is 6.42 Å². The zero-order chi connectivity index (χ0) is 14.7. The molecule has 1 aliphatic rings. The smallest absolute Gasteiger partial charge is 0.271 e.